The Morgan fingerprint density at radius 2 is 1.96 bits per heavy atom. The van der Waals surface area contributed by atoms with Gasteiger partial charge < -0.3 is 15.1 Å². The van der Waals surface area contributed by atoms with Crippen LogP contribution in [0.25, 0.3) is 0 Å². The molecule has 0 radical (unpaired) electrons. The van der Waals surface area contributed by atoms with Gasteiger partial charge >= 0.3 is 0 Å². The summed E-state index contributed by atoms with van der Waals surface area (Å²) >= 11 is 0. The maximum atomic E-state index is 13.7. The summed E-state index contributed by atoms with van der Waals surface area (Å²) in [5.74, 6) is 1.89. The van der Waals surface area contributed by atoms with E-state index in [1.165, 1.54) is 6.07 Å². The van der Waals surface area contributed by atoms with Crippen molar-refractivity contribution in [3.05, 3.63) is 59.8 Å². The highest BCUT2D eigenvalue weighted by molar-refractivity contribution is 14.0. The smallest absolute Gasteiger partial charge is 0.191 e. The van der Waals surface area contributed by atoms with E-state index in [1.807, 2.05) is 18.2 Å². The molecule has 0 atom stereocenters. The summed E-state index contributed by atoms with van der Waals surface area (Å²) in [4.78, 5) is 4.47. The van der Waals surface area contributed by atoms with Crippen molar-refractivity contribution < 1.29 is 8.81 Å². The van der Waals surface area contributed by atoms with E-state index < -0.39 is 0 Å². The third-order valence-electron chi connectivity index (χ3n) is 3.29. The molecule has 0 aliphatic heterocycles. The van der Waals surface area contributed by atoms with Gasteiger partial charge in [-0.2, -0.15) is 0 Å². The third kappa shape index (κ3) is 7.33. The van der Waals surface area contributed by atoms with Crippen LogP contribution in [-0.2, 0) is 13.0 Å². The number of rotatable bonds is 7. The van der Waals surface area contributed by atoms with Crippen LogP contribution >= 0.6 is 24.0 Å². The van der Waals surface area contributed by atoms with Crippen molar-refractivity contribution in [3.8, 4) is 0 Å². The summed E-state index contributed by atoms with van der Waals surface area (Å²) < 4.78 is 19.0. The molecular formula is C18H25FIN3O. The fourth-order valence-corrected chi connectivity index (χ4v) is 2.02. The summed E-state index contributed by atoms with van der Waals surface area (Å²) in [5.41, 5.74) is 0.587. The fraction of sp³-hybridized carbons (Fsp3) is 0.389. The Hall–Kier alpha value is -1.57. The fourth-order valence-electron chi connectivity index (χ4n) is 2.02. The molecule has 1 aromatic heterocycles. The van der Waals surface area contributed by atoms with Gasteiger partial charge in [0.15, 0.2) is 5.96 Å². The van der Waals surface area contributed by atoms with Gasteiger partial charge in [0, 0.05) is 25.1 Å². The van der Waals surface area contributed by atoms with E-state index >= 15 is 0 Å². The Balaban J connectivity index is 0.00000288. The third-order valence-corrected chi connectivity index (χ3v) is 3.29. The zero-order valence-electron chi connectivity index (χ0n) is 14.1. The molecule has 132 valence electrons. The highest BCUT2D eigenvalue weighted by atomic mass is 127. The van der Waals surface area contributed by atoms with Crippen molar-refractivity contribution in [2.24, 2.45) is 10.9 Å². The quantitative estimate of drug-likeness (QED) is 0.385. The number of hydrogen-bond donors (Lipinski definition) is 2. The Kier molecular flexibility index (Phi) is 9.44. The van der Waals surface area contributed by atoms with E-state index in [-0.39, 0.29) is 29.8 Å². The van der Waals surface area contributed by atoms with Crippen LogP contribution in [0.3, 0.4) is 0 Å². The van der Waals surface area contributed by atoms with Gasteiger partial charge in [-0.3, -0.25) is 0 Å². The van der Waals surface area contributed by atoms with Crippen LogP contribution in [0.4, 0.5) is 4.39 Å². The molecule has 0 aliphatic rings. The van der Waals surface area contributed by atoms with Crippen molar-refractivity contribution in [2.45, 2.75) is 26.8 Å². The summed E-state index contributed by atoms with van der Waals surface area (Å²) in [7, 11) is 0. The predicted octanol–water partition coefficient (Wildman–Crippen LogP) is 3.97. The van der Waals surface area contributed by atoms with Gasteiger partial charge in [0.05, 0.1) is 12.8 Å². The number of guanidine groups is 1. The topological polar surface area (TPSA) is 49.6 Å². The van der Waals surface area contributed by atoms with Gasteiger partial charge in [0.25, 0.3) is 0 Å². The lowest BCUT2D eigenvalue weighted by molar-refractivity contribution is 0.506. The molecule has 0 bridgehead atoms. The first-order valence-electron chi connectivity index (χ1n) is 7.93. The van der Waals surface area contributed by atoms with E-state index in [0.29, 0.717) is 30.5 Å². The highest BCUT2D eigenvalue weighted by Gasteiger charge is 2.04. The van der Waals surface area contributed by atoms with Crippen molar-refractivity contribution in [3.63, 3.8) is 0 Å². The van der Waals surface area contributed by atoms with Crippen molar-refractivity contribution in [1.82, 2.24) is 10.6 Å². The zero-order valence-corrected chi connectivity index (χ0v) is 16.4. The molecule has 0 aliphatic carbocycles. The Morgan fingerprint density at radius 1 is 1.17 bits per heavy atom. The number of halogens is 2. The van der Waals surface area contributed by atoms with E-state index in [2.05, 4.69) is 29.5 Å². The molecule has 2 N–H and O–H groups in total. The molecular weight excluding hydrogens is 420 g/mol. The lowest BCUT2D eigenvalue weighted by atomic mass is 10.2. The molecule has 4 nitrogen and oxygen atoms in total. The second kappa shape index (κ2) is 11.1. The SMILES string of the molecule is CC(C)CNC(=NCc1ccccc1F)NCCc1ccco1.I. The minimum absolute atomic E-state index is 0. The average molecular weight is 445 g/mol. The highest BCUT2D eigenvalue weighted by Crippen LogP contribution is 2.07. The molecule has 0 saturated carbocycles. The minimum Gasteiger partial charge on any atom is -0.469 e. The van der Waals surface area contributed by atoms with E-state index in [1.54, 1.807) is 18.4 Å². The standard InChI is InChI=1S/C18H24FN3O.HI/c1-14(2)12-21-18(20-10-9-16-7-5-11-23-16)22-13-15-6-3-4-8-17(15)19;/h3-8,11,14H,9-10,12-13H2,1-2H3,(H2,20,21,22);1H. The van der Waals surface area contributed by atoms with E-state index in [9.17, 15) is 4.39 Å². The monoisotopic (exact) mass is 445 g/mol. The molecule has 0 fully saturated rings. The van der Waals surface area contributed by atoms with Crippen LogP contribution < -0.4 is 10.6 Å². The lowest BCUT2D eigenvalue weighted by Gasteiger charge is -2.14. The van der Waals surface area contributed by atoms with Gasteiger partial charge in [-0.1, -0.05) is 32.0 Å². The molecule has 0 amide bonds. The van der Waals surface area contributed by atoms with E-state index in [4.69, 9.17) is 4.42 Å². The normalized spacial score (nSPS) is 11.2. The van der Waals surface area contributed by atoms with Crippen LogP contribution in [0, 0.1) is 11.7 Å². The Morgan fingerprint density at radius 3 is 2.62 bits per heavy atom. The molecule has 0 unspecified atom stereocenters. The van der Waals surface area contributed by atoms with Gasteiger partial charge in [0.1, 0.15) is 11.6 Å². The number of nitrogens with zero attached hydrogens (tertiary/aromatic N) is 1. The Labute approximate surface area is 160 Å². The number of benzene rings is 1. The molecule has 0 spiro atoms. The van der Waals surface area contributed by atoms with Gasteiger partial charge in [-0.05, 0) is 24.1 Å². The second-order valence-electron chi connectivity index (χ2n) is 5.79. The predicted molar refractivity (Wildman–Crippen MR) is 106 cm³/mol. The first kappa shape index (κ1) is 20.5. The van der Waals surface area contributed by atoms with Crippen LogP contribution in [0.1, 0.15) is 25.2 Å². The molecule has 2 rings (SSSR count). The Bertz CT molecular complexity index is 614. The molecule has 0 saturated heterocycles. The van der Waals surface area contributed by atoms with Crippen LogP contribution in [-0.4, -0.2) is 19.0 Å². The summed E-state index contributed by atoms with van der Waals surface area (Å²) in [6, 6.07) is 10.5. The van der Waals surface area contributed by atoms with E-state index in [0.717, 1.165) is 18.7 Å². The maximum absolute atomic E-state index is 13.7. The number of hydrogen-bond acceptors (Lipinski definition) is 2. The number of aliphatic imine (C=N–C) groups is 1. The largest absolute Gasteiger partial charge is 0.469 e. The lowest BCUT2D eigenvalue weighted by Crippen LogP contribution is -2.40. The molecule has 24 heavy (non-hydrogen) atoms. The van der Waals surface area contributed by atoms with Gasteiger partial charge in [0.2, 0.25) is 0 Å². The van der Waals surface area contributed by atoms with Crippen LogP contribution in [0.15, 0.2) is 52.1 Å². The van der Waals surface area contributed by atoms with Gasteiger partial charge in [-0.15, -0.1) is 24.0 Å². The summed E-state index contributed by atoms with van der Waals surface area (Å²) in [5, 5.41) is 6.53. The van der Waals surface area contributed by atoms with Crippen molar-refractivity contribution in [2.75, 3.05) is 13.1 Å². The van der Waals surface area contributed by atoms with Crippen LogP contribution in [0.2, 0.25) is 0 Å². The molecule has 1 aromatic carbocycles. The number of nitrogens with one attached hydrogen (secondary N) is 2. The van der Waals surface area contributed by atoms with Gasteiger partial charge in [-0.25, -0.2) is 9.38 Å². The van der Waals surface area contributed by atoms with Crippen molar-refractivity contribution in [1.29, 1.82) is 0 Å². The summed E-state index contributed by atoms with van der Waals surface area (Å²) in [6.45, 7) is 6.08. The first-order valence-corrected chi connectivity index (χ1v) is 7.93. The number of furan rings is 1. The average Bonchev–Trinajstić information content (AvgIpc) is 3.04. The summed E-state index contributed by atoms with van der Waals surface area (Å²) in [6.07, 6.45) is 2.44. The minimum atomic E-state index is -0.227. The van der Waals surface area contributed by atoms with Crippen LogP contribution in [0.5, 0.6) is 0 Å². The maximum Gasteiger partial charge on any atom is 0.191 e. The van der Waals surface area contributed by atoms with Crippen molar-refractivity contribution >= 4 is 29.9 Å². The molecule has 1 heterocycles. The molecule has 2 aromatic rings. The zero-order chi connectivity index (χ0) is 16.5. The first-order chi connectivity index (χ1) is 11.1. The second-order valence-corrected chi connectivity index (χ2v) is 5.79. The molecule has 6 heteroatoms.